The second-order valence-corrected chi connectivity index (χ2v) is 4.67. The van der Waals surface area contributed by atoms with Gasteiger partial charge in [-0.15, -0.1) is 0 Å². The van der Waals surface area contributed by atoms with Crippen LogP contribution in [0.5, 0.6) is 0 Å². The maximum Gasteiger partial charge on any atom is 0.120 e. The number of hydrogen-bond acceptors (Lipinski definition) is 5. The molecule has 0 aliphatic rings. The molecule has 112 valence electrons. The van der Waals surface area contributed by atoms with Crippen molar-refractivity contribution in [1.29, 1.82) is 0 Å². The van der Waals surface area contributed by atoms with Crippen LogP contribution in [0.15, 0.2) is 4.99 Å². The topological polar surface area (TPSA) is 57.1 Å². The molecule has 19 heavy (non-hydrogen) atoms. The van der Waals surface area contributed by atoms with Gasteiger partial charge >= 0.3 is 0 Å². The van der Waals surface area contributed by atoms with E-state index in [2.05, 4.69) is 4.99 Å². The van der Waals surface area contributed by atoms with E-state index in [4.69, 9.17) is 14.2 Å². The van der Waals surface area contributed by atoms with Crippen molar-refractivity contribution in [3.8, 4) is 0 Å². The Balaban J connectivity index is 3.62. The highest BCUT2D eigenvalue weighted by atomic mass is 16.6. The third kappa shape index (κ3) is 12.0. The predicted octanol–water partition coefficient (Wildman–Crippen LogP) is 1.88. The lowest BCUT2D eigenvalue weighted by Gasteiger charge is -2.18. The van der Waals surface area contributed by atoms with Crippen molar-refractivity contribution in [2.24, 2.45) is 4.99 Å². The minimum Gasteiger partial charge on any atom is -0.382 e. The summed E-state index contributed by atoms with van der Waals surface area (Å²) in [5.41, 5.74) is 0. The van der Waals surface area contributed by atoms with Gasteiger partial charge in [0.2, 0.25) is 0 Å². The van der Waals surface area contributed by atoms with Crippen LogP contribution in [0.25, 0.3) is 0 Å². The molecule has 0 N–H and O–H groups in total. The van der Waals surface area contributed by atoms with Gasteiger partial charge in [-0.25, -0.2) is 0 Å². The summed E-state index contributed by atoms with van der Waals surface area (Å²) in [4.78, 5) is 14.4. The second-order valence-electron chi connectivity index (χ2n) is 4.67. The summed E-state index contributed by atoms with van der Waals surface area (Å²) in [7, 11) is 1.66. The Hall–Kier alpha value is -0.780. The Bertz CT molecular complexity index is 246. The number of hydrogen-bond donors (Lipinski definition) is 0. The van der Waals surface area contributed by atoms with Gasteiger partial charge in [-0.1, -0.05) is 0 Å². The molecule has 0 heterocycles. The first-order chi connectivity index (χ1) is 9.10. The largest absolute Gasteiger partial charge is 0.382 e. The van der Waals surface area contributed by atoms with E-state index in [1.807, 2.05) is 20.8 Å². The molecule has 0 aliphatic carbocycles. The van der Waals surface area contributed by atoms with Crippen molar-refractivity contribution < 1.29 is 19.0 Å². The van der Waals surface area contributed by atoms with E-state index in [0.717, 1.165) is 6.29 Å². The third-order valence-corrected chi connectivity index (χ3v) is 2.41. The van der Waals surface area contributed by atoms with E-state index in [1.165, 1.54) is 0 Å². The maximum absolute atomic E-state index is 10.1. The van der Waals surface area contributed by atoms with Crippen molar-refractivity contribution in [3.05, 3.63) is 0 Å². The monoisotopic (exact) mass is 273 g/mol. The molecule has 0 aromatic carbocycles. The smallest absolute Gasteiger partial charge is 0.120 e. The molecule has 5 heteroatoms. The summed E-state index contributed by atoms with van der Waals surface area (Å²) in [6.45, 7) is 7.62. The molecule has 0 aromatic rings. The molecule has 5 nitrogen and oxygen atoms in total. The number of carbonyl (C=O) groups is 1. The van der Waals surface area contributed by atoms with Gasteiger partial charge in [0.05, 0.1) is 38.1 Å². The SMILES string of the molecule is COCC(C)OCC(C)OCC(C)N=CCCC=O. The molecule has 3 atom stereocenters. The number of nitrogens with zero attached hydrogens (tertiary/aromatic N) is 1. The average molecular weight is 273 g/mol. The number of carbonyl (C=O) groups excluding carboxylic acids is 1. The minimum atomic E-state index is 0.0342. The Morgan fingerprint density at radius 1 is 1.00 bits per heavy atom. The molecule has 0 radical (unpaired) electrons. The lowest BCUT2D eigenvalue weighted by Crippen LogP contribution is -2.25. The van der Waals surface area contributed by atoms with Crippen LogP contribution in [0.1, 0.15) is 33.6 Å². The quantitative estimate of drug-likeness (QED) is 0.309. The van der Waals surface area contributed by atoms with Crippen molar-refractivity contribution in [2.45, 2.75) is 51.9 Å². The maximum atomic E-state index is 10.1. The zero-order valence-electron chi connectivity index (χ0n) is 12.5. The first kappa shape index (κ1) is 18.2. The lowest BCUT2D eigenvalue weighted by atomic mass is 10.3. The predicted molar refractivity (Wildman–Crippen MR) is 76.0 cm³/mol. The summed E-state index contributed by atoms with van der Waals surface area (Å²) >= 11 is 0. The summed E-state index contributed by atoms with van der Waals surface area (Å²) in [6.07, 6.45) is 4.01. The molecule has 0 bridgehead atoms. The fourth-order valence-electron chi connectivity index (χ4n) is 1.37. The van der Waals surface area contributed by atoms with Crippen LogP contribution in [0.3, 0.4) is 0 Å². The Kier molecular flexibility index (Phi) is 11.8. The highest BCUT2D eigenvalue weighted by molar-refractivity contribution is 5.63. The number of rotatable bonds is 12. The molecule has 0 saturated carbocycles. The molecule has 0 amide bonds. The molecular weight excluding hydrogens is 246 g/mol. The number of methoxy groups -OCH3 is 1. The second kappa shape index (κ2) is 12.3. The van der Waals surface area contributed by atoms with E-state index in [0.29, 0.717) is 32.7 Å². The molecule has 0 spiro atoms. The number of aldehydes is 1. The Morgan fingerprint density at radius 3 is 2.26 bits per heavy atom. The zero-order valence-corrected chi connectivity index (χ0v) is 12.5. The third-order valence-electron chi connectivity index (χ3n) is 2.41. The van der Waals surface area contributed by atoms with Gasteiger partial charge in [-0.05, 0) is 33.4 Å². The summed E-state index contributed by atoms with van der Waals surface area (Å²) in [6, 6.07) is 0.102. The van der Waals surface area contributed by atoms with E-state index >= 15 is 0 Å². The Morgan fingerprint density at radius 2 is 1.63 bits per heavy atom. The molecule has 0 rings (SSSR count). The lowest BCUT2D eigenvalue weighted by molar-refractivity contribution is -0.107. The summed E-state index contributed by atoms with van der Waals surface area (Å²) < 4.78 is 16.2. The van der Waals surface area contributed by atoms with Crippen LogP contribution in [0, 0.1) is 0 Å². The van der Waals surface area contributed by atoms with Crippen molar-refractivity contribution in [2.75, 3.05) is 26.9 Å². The van der Waals surface area contributed by atoms with Gasteiger partial charge in [0.25, 0.3) is 0 Å². The Labute approximate surface area is 116 Å². The molecule has 0 aliphatic heterocycles. The van der Waals surface area contributed by atoms with Gasteiger partial charge in [-0.3, -0.25) is 4.99 Å². The summed E-state index contributed by atoms with van der Waals surface area (Å²) in [5.74, 6) is 0. The summed E-state index contributed by atoms with van der Waals surface area (Å²) in [5, 5.41) is 0. The van der Waals surface area contributed by atoms with Crippen molar-refractivity contribution >= 4 is 12.5 Å². The van der Waals surface area contributed by atoms with Crippen LogP contribution in [-0.4, -0.2) is 57.7 Å². The van der Waals surface area contributed by atoms with E-state index in [9.17, 15) is 4.79 Å². The highest BCUT2D eigenvalue weighted by Crippen LogP contribution is 2.00. The fraction of sp³-hybridized carbons (Fsp3) is 0.857. The molecule has 0 saturated heterocycles. The minimum absolute atomic E-state index is 0.0342. The molecular formula is C14H27NO4. The number of ether oxygens (including phenoxy) is 3. The normalized spacial score (nSPS) is 16.4. The van der Waals surface area contributed by atoms with Gasteiger partial charge in [0.1, 0.15) is 6.29 Å². The van der Waals surface area contributed by atoms with Gasteiger partial charge in [0.15, 0.2) is 0 Å². The standard InChI is InChI=1S/C14H27NO4/c1-12(15-7-5-6-8-16)9-18-14(3)11-19-13(2)10-17-4/h7-8,12-14H,5-6,9-11H2,1-4H3. The number of aliphatic imine (C=N–C) groups is 1. The first-order valence-corrected chi connectivity index (χ1v) is 6.77. The van der Waals surface area contributed by atoms with Crippen molar-refractivity contribution in [1.82, 2.24) is 0 Å². The molecule has 0 fully saturated rings. The van der Waals surface area contributed by atoms with E-state index in [1.54, 1.807) is 13.3 Å². The van der Waals surface area contributed by atoms with Gasteiger partial charge in [0, 0.05) is 13.5 Å². The highest BCUT2D eigenvalue weighted by Gasteiger charge is 2.08. The van der Waals surface area contributed by atoms with Crippen LogP contribution in [0.4, 0.5) is 0 Å². The van der Waals surface area contributed by atoms with Crippen molar-refractivity contribution in [3.63, 3.8) is 0 Å². The van der Waals surface area contributed by atoms with E-state index in [-0.39, 0.29) is 18.2 Å². The first-order valence-electron chi connectivity index (χ1n) is 6.77. The molecule has 3 unspecified atom stereocenters. The van der Waals surface area contributed by atoms with Crippen LogP contribution >= 0.6 is 0 Å². The average Bonchev–Trinajstić information content (AvgIpc) is 2.39. The van der Waals surface area contributed by atoms with Gasteiger partial charge in [-0.2, -0.15) is 0 Å². The fourth-order valence-corrected chi connectivity index (χ4v) is 1.37. The van der Waals surface area contributed by atoms with Crippen LogP contribution in [-0.2, 0) is 19.0 Å². The zero-order chi connectivity index (χ0) is 14.5. The van der Waals surface area contributed by atoms with E-state index < -0.39 is 0 Å². The van der Waals surface area contributed by atoms with Gasteiger partial charge < -0.3 is 19.0 Å². The van der Waals surface area contributed by atoms with Crippen LogP contribution in [0.2, 0.25) is 0 Å². The molecule has 0 aromatic heterocycles. The number of unbranched alkanes of at least 4 members (excludes halogenated alkanes) is 1. The van der Waals surface area contributed by atoms with Crippen LogP contribution < -0.4 is 0 Å².